The van der Waals surface area contributed by atoms with E-state index in [0.29, 0.717) is 17.7 Å². The second-order valence-electron chi connectivity index (χ2n) is 8.98. The number of aromatic hydroxyl groups is 1. The zero-order valence-corrected chi connectivity index (χ0v) is 20.2. The molecule has 1 atom stereocenters. The van der Waals surface area contributed by atoms with Crippen LogP contribution in [-0.4, -0.2) is 23.5 Å². The zero-order chi connectivity index (χ0) is 24.6. The molecule has 0 bridgehead atoms. The van der Waals surface area contributed by atoms with Crippen molar-refractivity contribution >= 4 is 11.8 Å². The first-order valence-corrected chi connectivity index (χ1v) is 12.5. The summed E-state index contributed by atoms with van der Waals surface area (Å²) in [5, 5.41) is 11.1. The number of esters is 1. The molecule has 3 aromatic carbocycles. The minimum absolute atomic E-state index is 0.0848. The number of ether oxygens (including phenoxy) is 2. The van der Waals surface area contributed by atoms with E-state index in [9.17, 15) is 14.7 Å². The minimum Gasteiger partial charge on any atom is -0.507 e. The Labute approximate surface area is 206 Å². The predicted molar refractivity (Wildman–Crippen MR) is 135 cm³/mol. The Morgan fingerprint density at radius 3 is 2.40 bits per heavy atom. The molecule has 0 fully saturated rings. The maximum Gasteiger partial charge on any atom is 0.312 e. The Bertz CT molecular complexity index is 1150. The van der Waals surface area contributed by atoms with E-state index >= 15 is 0 Å². The van der Waals surface area contributed by atoms with Crippen LogP contribution in [0.25, 0.3) is 0 Å². The van der Waals surface area contributed by atoms with E-state index in [1.165, 1.54) is 38.2 Å². The topological polar surface area (TPSA) is 72.8 Å². The molecule has 1 N–H and O–H groups in total. The zero-order valence-electron chi connectivity index (χ0n) is 20.2. The lowest BCUT2D eigenvalue weighted by molar-refractivity contribution is -0.135. The van der Waals surface area contributed by atoms with Crippen molar-refractivity contribution in [2.75, 3.05) is 6.61 Å². The van der Waals surface area contributed by atoms with Gasteiger partial charge in [-0.2, -0.15) is 0 Å². The van der Waals surface area contributed by atoms with Gasteiger partial charge >= 0.3 is 5.97 Å². The second kappa shape index (κ2) is 11.7. The fourth-order valence-electron chi connectivity index (χ4n) is 4.53. The van der Waals surface area contributed by atoms with Crippen LogP contribution in [0, 0.1) is 0 Å². The number of ketones is 1. The van der Waals surface area contributed by atoms with E-state index in [-0.39, 0.29) is 35.2 Å². The quantitative estimate of drug-likeness (QED) is 0.144. The molecule has 35 heavy (non-hydrogen) atoms. The van der Waals surface area contributed by atoms with Crippen molar-refractivity contribution in [3.05, 3.63) is 89.0 Å². The van der Waals surface area contributed by atoms with Gasteiger partial charge in [-0.25, -0.2) is 0 Å². The summed E-state index contributed by atoms with van der Waals surface area (Å²) >= 11 is 0. The molecule has 0 unspecified atom stereocenters. The number of rotatable bonds is 11. The van der Waals surface area contributed by atoms with Gasteiger partial charge in [0.05, 0.1) is 18.6 Å². The lowest BCUT2D eigenvalue weighted by Crippen LogP contribution is -2.22. The Morgan fingerprint density at radius 1 is 0.943 bits per heavy atom. The van der Waals surface area contributed by atoms with Crippen molar-refractivity contribution in [3.63, 3.8) is 0 Å². The van der Waals surface area contributed by atoms with Crippen molar-refractivity contribution in [2.45, 2.75) is 57.8 Å². The molecule has 1 aliphatic heterocycles. The highest BCUT2D eigenvalue weighted by Gasteiger charge is 2.33. The molecule has 5 heteroatoms. The van der Waals surface area contributed by atoms with Gasteiger partial charge in [-0.1, -0.05) is 81.5 Å². The van der Waals surface area contributed by atoms with E-state index < -0.39 is 5.92 Å². The molecule has 0 saturated heterocycles. The number of unbranched alkanes of at least 4 members (excludes halogenated alkanes) is 5. The van der Waals surface area contributed by atoms with E-state index in [1.807, 2.05) is 30.3 Å². The molecule has 0 aliphatic carbocycles. The standard InChI is InChI=1S/C30H32O5/c1-2-3-4-5-6-10-19-34-23-15-13-21(14-16-23)25-20-27(31)35-26-18-17-24(30(33)28(25)26)29(32)22-11-8-7-9-12-22/h7-9,11-18,25,33H,2-6,10,19-20H2,1H3/t25-/m1/s1. The van der Waals surface area contributed by atoms with Crippen molar-refractivity contribution in [1.82, 2.24) is 0 Å². The summed E-state index contributed by atoms with van der Waals surface area (Å²) < 4.78 is 11.3. The summed E-state index contributed by atoms with van der Waals surface area (Å²) in [5.74, 6) is -0.137. The van der Waals surface area contributed by atoms with Crippen LogP contribution in [-0.2, 0) is 4.79 Å². The summed E-state index contributed by atoms with van der Waals surface area (Å²) in [6, 6.07) is 19.5. The average molecular weight is 473 g/mol. The lowest BCUT2D eigenvalue weighted by atomic mass is 9.84. The molecule has 0 amide bonds. The molecule has 4 rings (SSSR count). The van der Waals surface area contributed by atoms with Crippen LogP contribution in [0.4, 0.5) is 0 Å². The third-order valence-corrected chi connectivity index (χ3v) is 6.45. The summed E-state index contributed by atoms with van der Waals surface area (Å²) in [7, 11) is 0. The summed E-state index contributed by atoms with van der Waals surface area (Å²) in [4.78, 5) is 25.3. The van der Waals surface area contributed by atoms with Gasteiger partial charge in [-0.15, -0.1) is 0 Å². The molecule has 1 aliphatic rings. The summed E-state index contributed by atoms with van der Waals surface area (Å²) in [5.41, 5.74) is 2.00. The van der Waals surface area contributed by atoms with Crippen molar-refractivity contribution in [3.8, 4) is 17.2 Å². The molecule has 0 aromatic heterocycles. The molecule has 0 radical (unpaired) electrons. The Kier molecular flexibility index (Phi) is 8.19. The number of carbonyl (C=O) groups excluding carboxylic acids is 2. The van der Waals surface area contributed by atoms with E-state index in [0.717, 1.165) is 17.7 Å². The van der Waals surface area contributed by atoms with Gasteiger partial charge in [0.15, 0.2) is 5.78 Å². The second-order valence-corrected chi connectivity index (χ2v) is 8.98. The molecular formula is C30H32O5. The molecule has 0 saturated carbocycles. The first-order chi connectivity index (χ1) is 17.1. The summed E-state index contributed by atoms with van der Waals surface area (Å²) in [6.45, 7) is 2.89. The molecular weight excluding hydrogens is 440 g/mol. The maximum atomic E-state index is 13.0. The van der Waals surface area contributed by atoms with E-state index in [4.69, 9.17) is 9.47 Å². The highest BCUT2D eigenvalue weighted by Crippen LogP contribution is 2.45. The predicted octanol–water partition coefficient (Wildman–Crippen LogP) is 6.80. The highest BCUT2D eigenvalue weighted by atomic mass is 16.5. The van der Waals surface area contributed by atoms with Crippen LogP contribution in [0.3, 0.4) is 0 Å². The Morgan fingerprint density at radius 2 is 1.66 bits per heavy atom. The SMILES string of the molecule is CCCCCCCCOc1ccc([C@H]2CC(=O)Oc3ccc(C(=O)c4ccccc4)c(O)c32)cc1. The van der Waals surface area contributed by atoms with Crippen LogP contribution in [0.15, 0.2) is 66.7 Å². The molecule has 5 nitrogen and oxygen atoms in total. The number of phenols is 1. The average Bonchev–Trinajstić information content (AvgIpc) is 2.88. The number of fused-ring (bicyclic) bond motifs is 1. The molecule has 3 aromatic rings. The molecule has 0 spiro atoms. The number of benzene rings is 3. The van der Waals surface area contributed by atoms with Crippen LogP contribution < -0.4 is 9.47 Å². The largest absolute Gasteiger partial charge is 0.507 e. The third-order valence-electron chi connectivity index (χ3n) is 6.45. The van der Waals surface area contributed by atoms with Gasteiger partial charge in [-0.3, -0.25) is 9.59 Å². The van der Waals surface area contributed by atoms with Crippen LogP contribution in [0.2, 0.25) is 0 Å². The smallest absolute Gasteiger partial charge is 0.312 e. The van der Waals surface area contributed by atoms with Crippen molar-refractivity contribution < 1.29 is 24.2 Å². The lowest BCUT2D eigenvalue weighted by Gasteiger charge is -2.26. The van der Waals surface area contributed by atoms with Gasteiger partial charge in [0.2, 0.25) is 0 Å². The van der Waals surface area contributed by atoms with Gasteiger partial charge in [-0.05, 0) is 36.2 Å². The highest BCUT2D eigenvalue weighted by molar-refractivity contribution is 6.11. The minimum atomic E-state index is -0.414. The van der Waals surface area contributed by atoms with E-state index in [2.05, 4.69) is 6.92 Å². The van der Waals surface area contributed by atoms with Crippen LogP contribution in [0.1, 0.15) is 84.8 Å². The fraction of sp³-hybridized carbons (Fsp3) is 0.333. The van der Waals surface area contributed by atoms with Crippen molar-refractivity contribution in [2.24, 2.45) is 0 Å². The van der Waals surface area contributed by atoms with E-state index in [1.54, 1.807) is 30.3 Å². The monoisotopic (exact) mass is 472 g/mol. The maximum absolute atomic E-state index is 13.0. The Balaban J connectivity index is 1.50. The van der Waals surface area contributed by atoms with Crippen molar-refractivity contribution in [1.29, 1.82) is 0 Å². The molecule has 182 valence electrons. The summed E-state index contributed by atoms with van der Waals surface area (Å²) in [6.07, 6.45) is 7.34. The number of phenolic OH excluding ortho intramolecular Hbond substituents is 1. The van der Waals surface area contributed by atoms with Gasteiger partial charge in [0.25, 0.3) is 0 Å². The van der Waals surface area contributed by atoms with Gasteiger partial charge in [0.1, 0.15) is 17.2 Å². The first kappa shape index (κ1) is 24.5. The number of hydrogen-bond acceptors (Lipinski definition) is 5. The third kappa shape index (κ3) is 5.91. The number of carbonyl (C=O) groups is 2. The first-order valence-electron chi connectivity index (χ1n) is 12.5. The normalized spacial score (nSPS) is 14.8. The van der Waals surface area contributed by atoms with Crippen LogP contribution >= 0.6 is 0 Å². The Hall–Kier alpha value is -3.60. The van der Waals surface area contributed by atoms with Crippen LogP contribution in [0.5, 0.6) is 17.2 Å². The number of hydrogen-bond donors (Lipinski definition) is 1. The molecule has 1 heterocycles. The van der Waals surface area contributed by atoms with Gasteiger partial charge in [0, 0.05) is 17.0 Å². The van der Waals surface area contributed by atoms with Gasteiger partial charge < -0.3 is 14.6 Å². The fourth-order valence-corrected chi connectivity index (χ4v) is 4.53.